The summed E-state index contributed by atoms with van der Waals surface area (Å²) in [6, 6.07) is 23.4. The molecule has 0 aliphatic carbocycles. The Morgan fingerprint density at radius 3 is 2.33 bits per heavy atom. The molecule has 1 heterocycles. The molecule has 0 radical (unpaired) electrons. The first-order valence-electron chi connectivity index (χ1n) is 7.05. The van der Waals surface area contributed by atoms with E-state index < -0.39 is 0 Å². The van der Waals surface area contributed by atoms with E-state index in [0.29, 0.717) is 0 Å². The van der Waals surface area contributed by atoms with Crippen molar-refractivity contribution in [1.82, 2.24) is 0 Å². The second-order valence-electron chi connectivity index (χ2n) is 5.25. The molecule has 0 fully saturated rings. The van der Waals surface area contributed by atoms with Crippen LogP contribution in [0.5, 0.6) is 0 Å². The Hall–Kier alpha value is -2.32. The summed E-state index contributed by atoms with van der Waals surface area (Å²) in [7, 11) is 0. The van der Waals surface area contributed by atoms with Gasteiger partial charge in [-0.1, -0.05) is 60.7 Å². The number of rotatable bonds is 2. The smallest absolute Gasteiger partial charge is 0.0538 e. The molecule has 21 heavy (non-hydrogen) atoms. The minimum absolute atomic E-state index is 0.895. The van der Waals surface area contributed by atoms with E-state index in [0.717, 1.165) is 12.1 Å². The number of benzene rings is 3. The number of nitrogens with two attached hydrogens (primary N) is 1. The molecule has 0 unspecified atom stereocenters. The number of anilines is 1. The van der Waals surface area contributed by atoms with Crippen LogP contribution in [-0.4, -0.2) is 0 Å². The fourth-order valence-corrected chi connectivity index (χ4v) is 4.01. The van der Waals surface area contributed by atoms with Crippen LogP contribution < -0.4 is 5.73 Å². The number of nitrogen functional groups attached to an aromatic ring is 1. The predicted molar refractivity (Wildman–Crippen MR) is 93.0 cm³/mol. The zero-order chi connectivity index (χ0) is 14.2. The van der Waals surface area contributed by atoms with Crippen LogP contribution in [0.1, 0.15) is 10.4 Å². The zero-order valence-electron chi connectivity index (χ0n) is 11.5. The minimum Gasteiger partial charge on any atom is -0.397 e. The summed E-state index contributed by atoms with van der Waals surface area (Å²) in [5, 5.41) is 3.78. The highest BCUT2D eigenvalue weighted by Crippen LogP contribution is 2.35. The summed E-state index contributed by atoms with van der Waals surface area (Å²) in [6.45, 7) is 0. The van der Waals surface area contributed by atoms with E-state index in [-0.39, 0.29) is 0 Å². The molecular formula is C19H15NS. The predicted octanol–water partition coefficient (Wildman–Crippen LogP) is 5.23. The third kappa shape index (κ3) is 2.08. The van der Waals surface area contributed by atoms with Gasteiger partial charge in [-0.25, -0.2) is 0 Å². The average molecular weight is 289 g/mol. The second kappa shape index (κ2) is 4.90. The van der Waals surface area contributed by atoms with Gasteiger partial charge in [-0.15, -0.1) is 11.3 Å². The number of fused-ring (bicyclic) bond motifs is 2. The van der Waals surface area contributed by atoms with Crippen LogP contribution in [0.25, 0.3) is 20.9 Å². The topological polar surface area (TPSA) is 26.0 Å². The van der Waals surface area contributed by atoms with E-state index >= 15 is 0 Å². The highest BCUT2D eigenvalue weighted by molar-refractivity contribution is 7.19. The third-order valence-corrected chi connectivity index (χ3v) is 5.13. The lowest BCUT2D eigenvalue weighted by Gasteiger charge is -2.06. The van der Waals surface area contributed by atoms with Gasteiger partial charge in [-0.3, -0.25) is 0 Å². The molecule has 0 saturated heterocycles. The van der Waals surface area contributed by atoms with Crippen molar-refractivity contribution in [3.05, 3.63) is 77.2 Å². The Labute approximate surface area is 127 Å². The summed E-state index contributed by atoms with van der Waals surface area (Å²) in [5.41, 5.74) is 8.61. The standard InChI is InChI=1S/C19H15NS/c20-19-16-10-3-4-11-17(16)21-18(19)12-14-8-5-7-13-6-1-2-9-15(13)14/h1-11H,12,20H2. The molecule has 1 nitrogen and oxygen atoms in total. The van der Waals surface area contributed by atoms with Gasteiger partial charge >= 0.3 is 0 Å². The summed E-state index contributed by atoms with van der Waals surface area (Å²) < 4.78 is 1.27. The van der Waals surface area contributed by atoms with Gasteiger partial charge < -0.3 is 5.73 Å². The first-order valence-corrected chi connectivity index (χ1v) is 7.87. The van der Waals surface area contributed by atoms with E-state index in [4.69, 9.17) is 5.73 Å². The fourth-order valence-electron chi connectivity index (χ4n) is 2.87. The van der Waals surface area contributed by atoms with Crippen LogP contribution in [0.15, 0.2) is 66.7 Å². The van der Waals surface area contributed by atoms with Crippen molar-refractivity contribution in [1.29, 1.82) is 0 Å². The maximum atomic E-state index is 6.34. The highest BCUT2D eigenvalue weighted by atomic mass is 32.1. The maximum Gasteiger partial charge on any atom is 0.0538 e. The zero-order valence-corrected chi connectivity index (χ0v) is 12.4. The lowest BCUT2D eigenvalue weighted by Crippen LogP contribution is -1.92. The van der Waals surface area contributed by atoms with Crippen molar-refractivity contribution in [2.75, 3.05) is 5.73 Å². The molecule has 0 atom stereocenters. The van der Waals surface area contributed by atoms with Gasteiger partial charge in [0.05, 0.1) is 5.69 Å². The summed E-state index contributed by atoms with van der Waals surface area (Å²) in [4.78, 5) is 1.26. The molecule has 4 aromatic rings. The van der Waals surface area contributed by atoms with Crippen molar-refractivity contribution >= 4 is 37.9 Å². The van der Waals surface area contributed by atoms with Crippen LogP contribution in [0.2, 0.25) is 0 Å². The van der Waals surface area contributed by atoms with Gasteiger partial charge in [-0.05, 0) is 22.4 Å². The van der Waals surface area contributed by atoms with Gasteiger partial charge in [0.1, 0.15) is 0 Å². The molecule has 3 aromatic carbocycles. The van der Waals surface area contributed by atoms with Crippen LogP contribution in [0.3, 0.4) is 0 Å². The van der Waals surface area contributed by atoms with Gasteiger partial charge in [0, 0.05) is 21.4 Å². The van der Waals surface area contributed by atoms with E-state index in [2.05, 4.69) is 60.7 Å². The molecule has 0 aliphatic rings. The SMILES string of the molecule is Nc1c(Cc2cccc3ccccc23)sc2ccccc12. The lowest BCUT2D eigenvalue weighted by molar-refractivity contribution is 1.27. The first kappa shape index (κ1) is 12.4. The third-order valence-electron chi connectivity index (χ3n) is 3.94. The average Bonchev–Trinajstić information content (AvgIpc) is 2.85. The van der Waals surface area contributed by atoms with Crippen LogP contribution in [0.4, 0.5) is 5.69 Å². The number of hydrogen-bond donors (Lipinski definition) is 1. The molecule has 2 N–H and O–H groups in total. The molecule has 0 saturated carbocycles. The molecule has 0 bridgehead atoms. The molecule has 1 aromatic heterocycles. The van der Waals surface area contributed by atoms with Crippen molar-refractivity contribution in [2.45, 2.75) is 6.42 Å². The van der Waals surface area contributed by atoms with Gasteiger partial charge in [0.2, 0.25) is 0 Å². The van der Waals surface area contributed by atoms with Gasteiger partial charge in [0.25, 0.3) is 0 Å². The largest absolute Gasteiger partial charge is 0.397 e. The maximum absolute atomic E-state index is 6.34. The van der Waals surface area contributed by atoms with Crippen LogP contribution in [-0.2, 0) is 6.42 Å². The quantitative estimate of drug-likeness (QED) is 0.537. The van der Waals surface area contributed by atoms with E-state index in [1.54, 1.807) is 11.3 Å². The van der Waals surface area contributed by atoms with E-state index in [1.807, 2.05) is 6.07 Å². The van der Waals surface area contributed by atoms with Gasteiger partial charge in [-0.2, -0.15) is 0 Å². The Bertz CT molecular complexity index is 931. The Morgan fingerprint density at radius 1 is 0.762 bits per heavy atom. The van der Waals surface area contributed by atoms with E-state index in [9.17, 15) is 0 Å². The van der Waals surface area contributed by atoms with Crippen LogP contribution in [0, 0.1) is 0 Å². The molecular weight excluding hydrogens is 274 g/mol. The van der Waals surface area contributed by atoms with E-state index in [1.165, 1.54) is 31.3 Å². The molecule has 2 heteroatoms. The molecule has 4 rings (SSSR count). The summed E-state index contributed by atoms with van der Waals surface area (Å²) in [6.07, 6.45) is 0.895. The molecule has 0 aliphatic heterocycles. The minimum atomic E-state index is 0.895. The van der Waals surface area contributed by atoms with Crippen molar-refractivity contribution in [2.24, 2.45) is 0 Å². The van der Waals surface area contributed by atoms with Crippen molar-refractivity contribution in [3.8, 4) is 0 Å². The molecule has 0 amide bonds. The summed E-state index contributed by atoms with van der Waals surface area (Å²) >= 11 is 1.80. The molecule has 102 valence electrons. The molecule has 0 spiro atoms. The number of thiophene rings is 1. The Kier molecular flexibility index (Phi) is 2.90. The van der Waals surface area contributed by atoms with Crippen LogP contribution >= 0.6 is 11.3 Å². The van der Waals surface area contributed by atoms with Gasteiger partial charge in [0.15, 0.2) is 0 Å². The Balaban J connectivity index is 1.85. The number of hydrogen-bond acceptors (Lipinski definition) is 2. The fraction of sp³-hybridized carbons (Fsp3) is 0.0526. The van der Waals surface area contributed by atoms with Crippen molar-refractivity contribution < 1.29 is 0 Å². The second-order valence-corrected chi connectivity index (χ2v) is 6.39. The normalized spacial score (nSPS) is 11.2. The summed E-state index contributed by atoms with van der Waals surface area (Å²) in [5.74, 6) is 0. The monoisotopic (exact) mass is 289 g/mol. The Morgan fingerprint density at radius 2 is 1.48 bits per heavy atom. The highest BCUT2D eigenvalue weighted by Gasteiger charge is 2.10. The first-order chi connectivity index (χ1) is 10.3. The lowest BCUT2D eigenvalue weighted by atomic mass is 10.0. The van der Waals surface area contributed by atoms with Crippen molar-refractivity contribution in [3.63, 3.8) is 0 Å².